The van der Waals surface area contributed by atoms with Crippen LogP contribution in [0.2, 0.25) is 0 Å². The fraction of sp³-hybridized carbons (Fsp3) is 0.385. The van der Waals surface area contributed by atoms with Crippen LogP contribution in [0.4, 0.5) is 0 Å². The maximum absolute atomic E-state index is 11.9. The summed E-state index contributed by atoms with van der Waals surface area (Å²) in [5.74, 6) is -1.92. The molecule has 6 heteroatoms. The number of carbonyl (C=O) groups excluding carboxylic acids is 1. The van der Waals surface area contributed by atoms with Gasteiger partial charge in [0, 0.05) is 18.0 Å². The number of hydrogen-bond acceptors (Lipinski definition) is 4. The van der Waals surface area contributed by atoms with Crippen LogP contribution in [-0.4, -0.2) is 32.7 Å². The highest BCUT2D eigenvalue weighted by molar-refractivity contribution is 5.97. The summed E-state index contributed by atoms with van der Waals surface area (Å²) in [6, 6.07) is 3.66. The van der Waals surface area contributed by atoms with E-state index in [-0.39, 0.29) is 29.9 Å². The third-order valence-electron chi connectivity index (χ3n) is 2.64. The van der Waals surface area contributed by atoms with Gasteiger partial charge in [-0.2, -0.15) is 0 Å². The van der Waals surface area contributed by atoms with Gasteiger partial charge in [-0.1, -0.05) is 0 Å². The Kier molecular flexibility index (Phi) is 4.37. The molecule has 0 aliphatic heterocycles. The minimum atomic E-state index is -0.935. The van der Waals surface area contributed by atoms with E-state index in [1.807, 2.05) is 0 Å². The Hall–Kier alpha value is -2.24. The first-order valence-electron chi connectivity index (χ1n) is 5.77. The summed E-state index contributed by atoms with van der Waals surface area (Å²) < 4.78 is 0. The van der Waals surface area contributed by atoms with Gasteiger partial charge in [-0.3, -0.25) is 9.59 Å². The summed E-state index contributed by atoms with van der Waals surface area (Å²) in [7, 11) is 0. The number of benzene rings is 1. The molecule has 0 aliphatic rings. The van der Waals surface area contributed by atoms with Gasteiger partial charge in [0.2, 0.25) is 0 Å². The van der Waals surface area contributed by atoms with Crippen molar-refractivity contribution in [2.45, 2.75) is 32.2 Å². The summed E-state index contributed by atoms with van der Waals surface area (Å²) in [6.07, 6.45) is 0.210. The number of carboxylic acid groups (broad SMARTS) is 1. The zero-order chi connectivity index (χ0) is 14.6. The number of phenols is 2. The van der Waals surface area contributed by atoms with Gasteiger partial charge in [0.15, 0.2) is 0 Å². The molecule has 6 nitrogen and oxygen atoms in total. The number of hydrogen-bond donors (Lipinski definition) is 4. The summed E-state index contributed by atoms with van der Waals surface area (Å²) in [6.45, 7) is 3.40. The number of nitrogens with one attached hydrogen (secondary N) is 1. The lowest BCUT2D eigenvalue weighted by Crippen LogP contribution is -2.43. The third kappa shape index (κ3) is 4.50. The summed E-state index contributed by atoms with van der Waals surface area (Å²) >= 11 is 0. The van der Waals surface area contributed by atoms with Crippen LogP contribution >= 0.6 is 0 Å². The highest BCUT2D eigenvalue weighted by Crippen LogP contribution is 2.23. The molecular formula is C13H17NO5. The van der Waals surface area contributed by atoms with Crippen LogP contribution in [0.25, 0.3) is 0 Å². The molecule has 0 saturated carbocycles. The zero-order valence-corrected chi connectivity index (χ0v) is 10.8. The van der Waals surface area contributed by atoms with Gasteiger partial charge < -0.3 is 20.6 Å². The maximum Gasteiger partial charge on any atom is 0.303 e. The molecule has 1 rings (SSSR count). The number of carboxylic acids is 1. The third-order valence-corrected chi connectivity index (χ3v) is 2.64. The summed E-state index contributed by atoms with van der Waals surface area (Å²) in [4.78, 5) is 22.4. The first kappa shape index (κ1) is 14.8. The van der Waals surface area contributed by atoms with Crippen molar-refractivity contribution in [1.82, 2.24) is 5.32 Å². The van der Waals surface area contributed by atoms with Crippen molar-refractivity contribution in [3.8, 4) is 11.5 Å². The fourth-order valence-electron chi connectivity index (χ4n) is 1.57. The van der Waals surface area contributed by atoms with Crippen molar-refractivity contribution < 1.29 is 24.9 Å². The van der Waals surface area contributed by atoms with Gasteiger partial charge in [-0.25, -0.2) is 0 Å². The molecule has 0 bridgehead atoms. The van der Waals surface area contributed by atoms with E-state index in [0.29, 0.717) is 0 Å². The molecular weight excluding hydrogens is 250 g/mol. The molecule has 1 amide bonds. The SMILES string of the molecule is CC(C)(CCC(=O)O)NC(=O)c1ccc(O)cc1O. The van der Waals surface area contributed by atoms with Gasteiger partial charge >= 0.3 is 5.97 Å². The topological polar surface area (TPSA) is 107 Å². The first-order chi connectivity index (χ1) is 8.71. The van der Waals surface area contributed by atoms with Crippen LogP contribution in [0.3, 0.4) is 0 Å². The number of rotatable bonds is 5. The Morgan fingerprint density at radius 3 is 2.42 bits per heavy atom. The maximum atomic E-state index is 11.9. The number of phenolic OH excluding ortho intramolecular Hbond substituents is 2. The quantitative estimate of drug-likeness (QED) is 0.646. The van der Waals surface area contributed by atoms with E-state index >= 15 is 0 Å². The van der Waals surface area contributed by atoms with Crippen molar-refractivity contribution >= 4 is 11.9 Å². The molecule has 0 unspecified atom stereocenters. The Morgan fingerprint density at radius 2 is 1.89 bits per heavy atom. The van der Waals surface area contributed by atoms with Crippen molar-refractivity contribution in [3.05, 3.63) is 23.8 Å². The standard InChI is InChI=1S/C13H17NO5/c1-13(2,6-5-11(17)18)14-12(19)9-4-3-8(15)7-10(9)16/h3-4,7,15-16H,5-6H2,1-2H3,(H,14,19)(H,17,18). The van der Waals surface area contributed by atoms with Crippen LogP contribution in [0, 0.1) is 0 Å². The summed E-state index contributed by atoms with van der Waals surface area (Å²) in [5.41, 5.74) is -0.680. The van der Waals surface area contributed by atoms with Gasteiger partial charge in [-0.05, 0) is 32.4 Å². The molecule has 0 heterocycles. The molecule has 4 N–H and O–H groups in total. The van der Waals surface area contributed by atoms with E-state index in [1.54, 1.807) is 13.8 Å². The second-order valence-corrected chi connectivity index (χ2v) is 4.93. The second-order valence-electron chi connectivity index (χ2n) is 4.93. The second kappa shape index (κ2) is 5.60. The molecule has 0 radical (unpaired) electrons. The minimum Gasteiger partial charge on any atom is -0.508 e. The molecule has 0 saturated heterocycles. The van der Waals surface area contributed by atoms with Gasteiger partial charge in [0.05, 0.1) is 5.56 Å². The number of aliphatic carboxylic acids is 1. The predicted molar refractivity (Wildman–Crippen MR) is 68.2 cm³/mol. The minimum absolute atomic E-state index is 0.0289. The molecule has 19 heavy (non-hydrogen) atoms. The highest BCUT2D eigenvalue weighted by atomic mass is 16.4. The van der Waals surface area contributed by atoms with Gasteiger partial charge in [0.25, 0.3) is 5.91 Å². The predicted octanol–water partition coefficient (Wildman–Crippen LogP) is 1.47. The van der Waals surface area contributed by atoms with Crippen LogP contribution in [-0.2, 0) is 4.79 Å². The van der Waals surface area contributed by atoms with Crippen molar-refractivity contribution in [2.24, 2.45) is 0 Å². The number of aromatic hydroxyl groups is 2. The van der Waals surface area contributed by atoms with E-state index < -0.39 is 17.4 Å². The van der Waals surface area contributed by atoms with Crippen molar-refractivity contribution in [1.29, 1.82) is 0 Å². The Labute approximate surface area is 110 Å². The van der Waals surface area contributed by atoms with E-state index in [0.717, 1.165) is 6.07 Å². The van der Waals surface area contributed by atoms with E-state index in [9.17, 15) is 14.7 Å². The fourth-order valence-corrected chi connectivity index (χ4v) is 1.57. The zero-order valence-electron chi connectivity index (χ0n) is 10.8. The molecule has 0 atom stereocenters. The Morgan fingerprint density at radius 1 is 1.26 bits per heavy atom. The normalized spacial score (nSPS) is 11.1. The van der Waals surface area contributed by atoms with Crippen LogP contribution < -0.4 is 5.32 Å². The largest absolute Gasteiger partial charge is 0.508 e. The number of carbonyl (C=O) groups is 2. The van der Waals surface area contributed by atoms with E-state index in [1.165, 1.54) is 12.1 Å². The van der Waals surface area contributed by atoms with Gasteiger partial charge in [-0.15, -0.1) is 0 Å². The average Bonchev–Trinajstić information content (AvgIpc) is 2.25. The van der Waals surface area contributed by atoms with Crippen LogP contribution in [0.1, 0.15) is 37.0 Å². The van der Waals surface area contributed by atoms with E-state index in [4.69, 9.17) is 10.2 Å². The first-order valence-corrected chi connectivity index (χ1v) is 5.77. The molecule has 1 aromatic carbocycles. The van der Waals surface area contributed by atoms with Gasteiger partial charge in [0.1, 0.15) is 11.5 Å². The average molecular weight is 267 g/mol. The Balaban J connectivity index is 2.75. The summed E-state index contributed by atoms with van der Waals surface area (Å²) in [5, 5.41) is 30.0. The lowest BCUT2D eigenvalue weighted by Gasteiger charge is -2.25. The van der Waals surface area contributed by atoms with Crippen molar-refractivity contribution in [3.63, 3.8) is 0 Å². The molecule has 104 valence electrons. The molecule has 0 aromatic heterocycles. The molecule has 0 aliphatic carbocycles. The Bertz CT molecular complexity index is 496. The number of amides is 1. The van der Waals surface area contributed by atoms with Crippen LogP contribution in [0.5, 0.6) is 11.5 Å². The van der Waals surface area contributed by atoms with E-state index in [2.05, 4.69) is 5.32 Å². The molecule has 0 fully saturated rings. The van der Waals surface area contributed by atoms with Crippen molar-refractivity contribution in [2.75, 3.05) is 0 Å². The molecule has 0 spiro atoms. The monoisotopic (exact) mass is 267 g/mol. The van der Waals surface area contributed by atoms with Crippen LogP contribution in [0.15, 0.2) is 18.2 Å². The highest BCUT2D eigenvalue weighted by Gasteiger charge is 2.23. The lowest BCUT2D eigenvalue weighted by molar-refractivity contribution is -0.137. The smallest absolute Gasteiger partial charge is 0.303 e. The molecule has 1 aromatic rings. The lowest BCUT2D eigenvalue weighted by atomic mass is 9.97.